The van der Waals surface area contributed by atoms with Gasteiger partial charge in [-0.25, -0.2) is 4.79 Å². The fourth-order valence-electron chi connectivity index (χ4n) is 6.48. The molecular formula is C23H26O11. The third-order valence-corrected chi connectivity index (χ3v) is 7.27. The van der Waals surface area contributed by atoms with Gasteiger partial charge in [0.1, 0.15) is 17.4 Å². The number of hydrogen-bond donors (Lipinski definition) is 0. The molecule has 2 aliphatic carbocycles. The van der Waals surface area contributed by atoms with Gasteiger partial charge in [-0.2, -0.15) is 0 Å². The number of Topliss-reactive ketones (excluding diaryl/α,β-unsaturated/α-hetero) is 1. The van der Waals surface area contributed by atoms with Crippen molar-refractivity contribution in [3.63, 3.8) is 0 Å². The van der Waals surface area contributed by atoms with E-state index in [0.29, 0.717) is 0 Å². The van der Waals surface area contributed by atoms with Gasteiger partial charge in [0.2, 0.25) is 11.9 Å². The van der Waals surface area contributed by atoms with E-state index in [1.54, 1.807) is 0 Å². The first-order chi connectivity index (χ1) is 15.7. The molecule has 3 fully saturated rings. The summed E-state index contributed by atoms with van der Waals surface area (Å²) in [6.07, 6.45) is -2.74. The molecule has 2 saturated heterocycles. The Labute approximate surface area is 195 Å². The maximum atomic E-state index is 13.3. The molecule has 34 heavy (non-hydrogen) atoms. The number of carbonyl (C=O) groups is 6. The van der Waals surface area contributed by atoms with Crippen molar-refractivity contribution >= 4 is 35.6 Å². The van der Waals surface area contributed by atoms with Crippen molar-refractivity contribution in [2.24, 2.45) is 28.1 Å². The van der Waals surface area contributed by atoms with Crippen LogP contribution in [0.25, 0.3) is 0 Å². The predicted octanol–water partition coefficient (Wildman–Crippen LogP) is 0.974. The predicted molar refractivity (Wildman–Crippen MR) is 108 cm³/mol. The Morgan fingerprint density at radius 2 is 1.56 bits per heavy atom. The fourth-order valence-corrected chi connectivity index (χ4v) is 6.48. The molecule has 11 heteroatoms. The molecule has 0 aromatic carbocycles. The normalized spacial score (nSPS) is 38.1. The molecule has 184 valence electrons. The fraction of sp³-hybridized carbons (Fsp3) is 0.652. The first-order valence-electron chi connectivity index (χ1n) is 10.9. The van der Waals surface area contributed by atoms with E-state index in [0.717, 1.165) is 20.8 Å². The summed E-state index contributed by atoms with van der Waals surface area (Å²) in [6.45, 7) is 8.90. The summed E-state index contributed by atoms with van der Waals surface area (Å²) >= 11 is 0. The second kappa shape index (κ2) is 7.38. The van der Waals surface area contributed by atoms with E-state index in [2.05, 4.69) is 0 Å². The molecule has 7 atom stereocenters. The van der Waals surface area contributed by atoms with Crippen LogP contribution in [0.3, 0.4) is 0 Å². The molecule has 2 spiro atoms. The zero-order valence-electron chi connectivity index (χ0n) is 19.7. The number of carbonyl (C=O) groups excluding carboxylic acids is 6. The Kier molecular flexibility index (Phi) is 5.19. The van der Waals surface area contributed by atoms with Crippen LogP contribution in [0, 0.1) is 28.1 Å². The molecule has 1 unspecified atom stereocenters. The van der Waals surface area contributed by atoms with Crippen molar-refractivity contribution in [2.75, 3.05) is 0 Å². The zero-order chi connectivity index (χ0) is 25.4. The third kappa shape index (κ3) is 2.94. The summed E-state index contributed by atoms with van der Waals surface area (Å²) in [5.74, 6) is -7.54. The minimum atomic E-state index is -1.72. The number of esters is 5. The van der Waals surface area contributed by atoms with Gasteiger partial charge in [-0.05, 0) is 23.8 Å². The molecule has 4 aliphatic rings. The van der Waals surface area contributed by atoms with Gasteiger partial charge in [-0.1, -0.05) is 20.8 Å². The summed E-state index contributed by atoms with van der Waals surface area (Å²) in [7, 11) is 0. The molecule has 11 nitrogen and oxygen atoms in total. The van der Waals surface area contributed by atoms with Crippen molar-refractivity contribution in [3.05, 3.63) is 11.8 Å². The van der Waals surface area contributed by atoms with E-state index in [9.17, 15) is 28.8 Å². The lowest BCUT2D eigenvalue weighted by atomic mass is 9.52. The molecule has 4 rings (SSSR count). The standard InChI is InChI=1S/C23H26O11/c1-9(24)30-12-8-22-14(33-18(28)15(22)16(12)27)7-13(21(4,5)6)23(22)17(31-10(2)25)19(29)34-20(23)32-11(3)26/h8,13-15,17,20H,7H2,1-6H3/t13-,14+,15-,17-,20+,22?,23-/m0/s1. The average molecular weight is 478 g/mol. The van der Waals surface area contributed by atoms with Gasteiger partial charge < -0.3 is 23.7 Å². The number of hydrogen-bond acceptors (Lipinski definition) is 11. The van der Waals surface area contributed by atoms with Crippen LogP contribution < -0.4 is 0 Å². The van der Waals surface area contributed by atoms with Crippen molar-refractivity contribution in [3.8, 4) is 0 Å². The molecule has 0 radical (unpaired) electrons. The molecule has 0 amide bonds. The summed E-state index contributed by atoms with van der Waals surface area (Å²) < 4.78 is 27.2. The van der Waals surface area contributed by atoms with E-state index in [-0.39, 0.29) is 12.2 Å². The van der Waals surface area contributed by atoms with Crippen molar-refractivity contribution in [1.82, 2.24) is 0 Å². The Morgan fingerprint density at radius 3 is 2.09 bits per heavy atom. The molecule has 0 bridgehead atoms. The minimum absolute atomic E-state index is 0.148. The van der Waals surface area contributed by atoms with Gasteiger partial charge in [0, 0.05) is 20.8 Å². The Hall–Kier alpha value is -3.24. The second-order valence-corrected chi connectivity index (χ2v) is 10.2. The van der Waals surface area contributed by atoms with E-state index < -0.39 is 82.2 Å². The second-order valence-electron chi connectivity index (χ2n) is 10.2. The van der Waals surface area contributed by atoms with E-state index in [4.69, 9.17) is 23.7 Å². The summed E-state index contributed by atoms with van der Waals surface area (Å²) in [5.41, 5.74) is -4.00. The number of allylic oxidation sites excluding steroid dienone is 1. The maximum Gasteiger partial charge on any atom is 0.351 e. The van der Waals surface area contributed by atoms with E-state index >= 15 is 0 Å². The van der Waals surface area contributed by atoms with Crippen molar-refractivity contribution in [1.29, 1.82) is 0 Å². The van der Waals surface area contributed by atoms with Gasteiger partial charge in [0.05, 0.1) is 5.41 Å². The number of ketones is 1. The quantitative estimate of drug-likeness (QED) is 0.324. The summed E-state index contributed by atoms with van der Waals surface area (Å²) in [6, 6.07) is 0. The molecule has 2 aliphatic heterocycles. The first kappa shape index (κ1) is 23.9. The molecular weight excluding hydrogens is 452 g/mol. The summed E-state index contributed by atoms with van der Waals surface area (Å²) in [4.78, 5) is 75.3. The lowest BCUT2D eigenvalue weighted by Gasteiger charge is -2.49. The largest absolute Gasteiger partial charge is 0.461 e. The van der Waals surface area contributed by atoms with Crippen LogP contribution in [-0.2, 0) is 52.5 Å². The van der Waals surface area contributed by atoms with E-state index in [1.165, 1.54) is 6.08 Å². The number of ether oxygens (including phenoxy) is 5. The Bertz CT molecular complexity index is 1050. The first-order valence-corrected chi connectivity index (χ1v) is 10.9. The summed E-state index contributed by atoms with van der Waals surface area (Å²) in [5, 5.41) is 0. The van der Waals surface area contributed by atoms with Gasteiger partial charge >= 0.3 is 29.8 Å². The van der Waals surface area contributed by atoms with Gasteiger partial charge in [-0.3, -0.25) is 24.0 Å². The highest BCUT2D eigenvalue weighted by Gasteiger charge is 2.87. The van der Waals surface area contributed by atoms with Crippen molar-refractivity contribution in [2.45, 2.75) is 66.5 Å². The number of cyclic esters (lactones) is 1. The van der Waals surface area contributed by atoms with Crippen LogP contribution in [-0.4, -0.2) is 54.1 Å². The third-order valence-electron chi connectivity index (χ3n) is 7.27. The zero-order valence-corrected chi connectivity index (χ0v) is 19.7. The highest BCUT2D eigenvalue weighted by Crippen LogP contribution is 2.75. The van der Waals surface area contributed by atoms with E-state index in [1.807, 2.05) is 20.8 Å². The maximum absolute atomic E-state index is 13.3. The average Bonchev–Trinajstić information content (AvgIpc) is 3.29. The minimum Gasteiger partial charge on any atom is -0.461 e. The van der Waals surface area contributed by atoms with Crippen LogP contribution in [0.2, 0.25) is 0 Å². The molecule has 1 saturated carbocycles. The van der Waals surface area contributed by atoms with Crippen LogP contribution in [0.4, 0.5) is 0 Å². The number of rotatable bonds is 3. The monoisotopic (exact) mass is 478 g/mol. The molecule has 2 heterocycles. The lowest BCUT2D eigenvalue weighted by Crippen LogP contribution is -2.61. The Morgan fingerprint density at radius 1 is 0.941 bits per heavy atom. The topological polar surface area (TPSA) is 149 Å². The van der Waals surface area contributed by atoms with Gasteiger partial charge in [0.25, 0.3) is 6.29 Å². The lowest BCUT2D eigenvalue weighted by molar-refractivity contribution is -0.220. The SMILES string of the molecule is CC(=O)OC1=CC23[C@H](C(=O)O[C@@H]2C[C@@H](C(C)(C)C)[C@]32[C@H](OC(C)=O)OC(=O)[C@@H]2OC(C)=O)C1=O. The smallest absolute Gasteiger partial charge is 0.351 e. The van der Waals surface area contributed by atoms with Crippen LogP contribution in [0.1, 0.15) is 48.0 Å². The highest BCUT2D eigenvalue weighted by atomic mass is 16.7. The van der Waals surface area contributed by atoms with Crippen LogP contribution in [0.15, 0.2) is 11.8 Å². The van der Waals surface area contributed by atoms with Gasteiger partial charge in [0.15, 0.2) is 5.76 Å². The molecule has 0 aromatic rings. The Balaban J connectivity index is 2.07. The highest BCUT2D eigenvalue weighted by molar-refractivity contribution is 6.13. The van der Waals surface area contributed by atoms with Gasteiger partial charge in [-0.15, -0.1) is 0 Å². The van der Waals surface area contributed by atoms with Crippen LogP contribution >= 0.6 is 0 Å². The molecule has 0 N–H and O–H groups in total. The van der Waals surface area contributed by atoms with Crippen molar-refractivity contribution < 1.29 is 52.5 Å². The van der Waals surface area contributed by atoms with Crippen LogP contribution in [0.5, 0.6) is 0 Å². The molecule has 0 aromatic heterocycles.